The molecule has 0 unspecified atom stereocenters. The second kappa shape index (κ2) is 4.16. The first-order chi connectivity index (χ1) is 6.83. The molecular formula is C10H16FNO3. The molecule has 1 heterocycles. The Morgan fingerprint density at radius 1 is 1.53 bits per heavy atom. The number of alkyl halides is 1. The first-order valence-electron chi connectivity index (χ1n) is 4.92. The largest absolute Gasteiger partial charge is 0.444 e. The number of ether oxygens (including phenoxy) is 1. The van der Waals surface area contributed by atoms with E-state index in [1.54, 1.807) is 20.8 Å². The average molecular weight is 217 g/mol. The van der Waals surface area contributed by atoms with Gasteiger partial charge in [-0.15, -0.1) is 0 Å². The number of hydrogen-bond acceptors (Lipinski definition) is 3. The zero-order chi connectivity index (χ0) is 11.6. The fourth-order valence-electron chi connectivity index (χ4n) is 1.47. The van der Waals surface area contributed by atoms with Crippen molar-refractivity contribution in [3.05, 3.63) is 0 Å². The fourth-order valence-corrected chi connectivity index (χ4v) is 1.47. The van der Waals surface area contributed by atoms with Crippen molar-refractivity contribution in [3.8, 4) is 0 Å². The summed E-state index contributed by atoms with van der Waals surface area (Å²) in [6.07, 6.45) is -1.10. The molecule has 0 aromatic heterocycles. The number of amides is 1. The quantitative estimate of drug-likeness (QED) is 0.626. The summed E-state index contributed by atoms with van der Waals surface area (Å²) in [4.78, 5) is 23.3. The summed E-state index contributed by atoms with van der Waals surface area (Å²) in [6.45, 7) is 5.12. The third-order valence-corrected chi connectivity index (χ3v) is 2.08. The van der Waals surface area contributed by atoms with Gasteiger partial charge in [-0.05, 0) is 20.8 Å². The van der Waals surface area contributed by atoms with Crippen molar-refractivity contribution >= 4 is 12.4 Å². The molecule has 1 aliphatic heterocycles. The van der Waals surface area contributed by atoms with Crippen LogP contribution in [0.2, 0.25) is 0 Å². The Bertz CT molecular complexity index is 262. The molecule has 4 nitrogen and oxygen atoms in total. The summed E-state index contributed by atoms with van der Waals surface area (Å²) in [7, 11) is 0. The van der Waals surface area contributed by atoms with Crippen LogP contribution < -0.4 is 0 Å². The van der Waals surface area contributed by atoms with E-state index in [0.717, 1.165) is 4.90 Å². The molecule has 1 aliphatic rings. The van der Waals surface area contributed by atoms with Gasteiger partial charge >= 0.3 is 6.09 Å². The standard InChI is InChI=1S/C10H16FNO3/c1-10(2,3)15-9(14)12-5-7(11)4-8(12)6-13/h6-8H,4-5H2,1-3H3/t7-,8+/m0/s1. The van der Waals surface area contributed by atoms with Crippen molar-refractivity contribution in [2.24, 2.45) is 0 Å². The van der Waals surface area contributed by atoms with Gasteiger partial charge in [-0.2, -0.15) is 0 Å². The van der Waals surface area contributed by atoms with Crippen LogP contribution in [0.4, 0.5) is 9.18 Å². The topological polar surface area (TPSA) is 46.6 Å². The van der Waals surface area contributed by atoms with Crippen molar-refractivity contribution in [3.63, 3.8) is 0 Å². The number of nitrogens with zero attached hydrogens (tertiary/aromatic N) is 1. The molecule has 0 radical (unpaired) electrons. The SMILES string of the molecule is CC(C)(C)OC(=O)N1C[C@@H](F)C[C@@H]1C=O. The maximum atomic E-state index is 13.0. The van der Waals surface area contributed by atoms with Crippen molar-refractivity contribution < 1.29 is 18.7 Å². The summed E-state index contributed by atoms with van der Waals surface area (Å²) >= 11 is 0. The van der Waals surface area contributed by atoms with Gasteiger partial charge in [0.2, 0.25) is 0 Å². The van der Waals surface area contributed by atoms with Gasteiger partial charge in [0.1, 0.15) is 18.1 Å². The molecule has 86 valence electrons. The summed E-state index contributed by atoms with van der Waals surface area (Å²) < 4.78 is 18.1. The third-order valence-electron chi connectivity index (χ3n) is 2.08. The van der Waals surface area contributed by atoms with E-state index in [4.69, 9.17) is 4.74 Å². The highest BCUT2D eigenvalue weighted by atomic mass is 19.1. The van der Waals surface area contributed by atoms with Crippen LogP contribution in [-0.4, -0.2) is 41.6 Å². The van der Waals surface area contributed by atoms with Gasteiger partial charge in [-0.25, -0.2) is 9.18 Å². The van der Waals surface area contributed by atoms with Crippen molar-refractivity contribution in [1.29, 1.82) is 0 Å². The lowest BCUT2D eigenvalue weighted by Gasteiger charge is -2.26. The molecule has 1 fully saturated rings. The first-order valence-corrected chi connectivity index (χ1v) is 4.92. The van der Waals surface area contributed by atoms with Crippen LogP contribution in [0.3, 0.4) is 0 Å². The van der Waals surface area contributed by atoms with E-state index >= 15 is 0 Å². The second-order valence-electron chi connectivity index (χ2n) is 4.67. The molecule has 1 rings (SSSR count). The Hall–Kier alpha value is -1.13. The third kappa shape index (κ3) is 3.18. The number of hydrogen-bond donors (Lipinski definition) is 0. The highest BCUT2D eigenvalue weighted by Crippen LogP contribution is 2.21. The van der Waals surface area contributed by atoms with Crippen molar-refractivity contribution in [2.45, 2.75) is 45.0 Å². The lowest BCUT2D eigenvalue weighted by molar-refractivity contribution is -0.111. The van der Waals surface area contributed by atoms with Crippen LogP contribution in [0.1, 0.15) is 27.2 Å². The summed E-state index contributed by atoms with van der Waals surface area (Å²) in [5, 5.41) is 0. The highest BCUT2D eigenvalue weighted by molar-refractivity contribution is 5.74. The smallest absolute Gasteiger partial charge is 0.410 e. The Morgan fingerprint density at radius 3 is 2.60 bits per heavy atom. The Labute approximate surface area is 88.4 Å². The van der Waals surface area contributed by atoms with E-state index in [-0.39, 0.29) is 13.0 Å². The monoisotopic (exact) mass is 217 g/mol. The Balaban J connectivity index is 2.63. The molecule has 0 saturated carbocycles. The second-order valence-corrected chi connectivity index (χ2v) is 4.67. The van der Waals surface area contributed by atoms with Gasteiger partial charge in [0.25, 0.3) is 0 Å². The van der Waals surface area contributed by atoms with Crippen LogP contribution in [-0.2, 0) is 9.53 Å². The summed E-state index contributed by atoms with van der Waals surface area (Å²) in [5.41, 5.74) is -0.626. The lowest BCUT2D eigenvalue weighted by atomic mass is 10.2. The molecular weight excluding hydrogens is 201 g/mol. The van der Waals surface area contributed by atoms with Crippen LogP contribution >= 0.6 is 0 Å². The van der Waals surface area contributed by atoms with Gasteiger partial charge < -0.3 is 9.53 Å². The first kappa shape index (κ1) is 11.9. The number of aldehydes is 1. The number of likely N-dealkylation sites (tertiary alicyclic amines) is 1. The van der Waals surface area contributed by atoms with Crippen molar-refractivity contribution in [2.75, 3.05) is 6.54 Å². The van der Waals surface area contributed by atoms with Crippen LogP contribution in [0.15, 0.2) is 0 Å². The van der Waals surface area contributed by atoms with E-state index < -0.39 is 23.9 Å². The lowest BCUT2D eigenvalue weighted by Crippen LogP contribution is -2.40. The number of rotatable bonds is 1. The molecule has 0 aliphatic carbocycles. The Morgan fingerprint density at radius 2 is 2.13 bits per heavy atom. The van der Waals surface area contributed by atoms with Gasteiger partial charge in [0, 0.05) is 6.42 Å². The van der Waals surface area contributed by atoms with Gasteiger partial charge in [0.15, 0.2) is 0 Å². The molecule has 0 N–H and O–H groups in total. The molecule has 15 heavy (non-hydrogen) atoms. The maximum Gasteiger partial charge on any atom is 0.410 e. The minimum atomic E-state index is -1.13. The van der Waals surface area contributed by atoms with E-state index in [2.05, 4.69) is 0 Å². The number of carbonyl (C=O) groups excluding carboxylic acids is 2. The maximum absolute atomic E-state index is 13.0. The van der Waals surface area contributed by atoms with E-state index in [1.165, 1.54) is 0 Å². The molecule has 0 bridgehead atoms. The summed E-state index contributed by atoms with van der Waals surface area (Å²) in [5.74, 6) is 0. The van der Waals surface area contributed by atoms with E-state index in [9.17, 15) is 14.0 Å². The molecule has 1 amide bonds. The van der Waals surface area contributed by atoms with Gasteiger partial charge in [-0.1, -0.05) is 0 Å². The minimum absolute atomic E-state index is 0.0572. The fraction of sp³-hybridized carbons (Fsp3) is 0.800. The van der Waals surface area contributed by atoms with E-state index in [0.29, 0.717) is 6.29 Å². The normalized spacial score (nSPS) is 26.5. The Kier molecular flexibility index (Phi) is 3.31. The summed E-state index contributed by atoms with van der Waals surface area (Å²) in [6, 6.07) is -0.685. The zero-order valence-electron chi connectivity index (χ0n) is 9.20. The van der Waals surface area contributed by atoms with Gasteiger partial charge in [0.05, 0.1) is 12.6 Å². The van der Waals surface area contributed by atoms with Gasteiger partial charge in [-0.3, -0.25) is 4.90 Å². The van der Waals surface area contributed by atoms with Crippen molar-refractivity contribution in [1.82, 2.24) is 4.90 Å². The molecule has 0 aromatic rings. The van der Waals surface area contributed by atoms with Crippen LogP contribution in [0, 0.1) is 0 Å². The molecule has 5 heteroatoms. The molecule has 0 spiro atoms. The number of carbonyl (C=O) groups is 2. The predicted molar refractivity (Wildman–Crippen MR) is 52.3 cm³/mol. The van der Waals surface area contributed by atoms with E-state index in [1.807, 2.05) is 0 Å². The van der Waals surface area contributed by atoms with Crippen LogP contribution in [0.5, 0.6) is 0 Å². The molecule has 1 saturated heterocycles. The predicted octanol–water partition coefficient (Wildman–Crippen LogP) is 1.53. The highest BCUT2D eigenvalue weighted by Gasteiger charge is 2.37. The average Bonchev–Trinajstić information content (AvgIpc) is 2.43. The minimum Gasteiger partial charge on any atom is -0.444 e. The molecule has 2 atom stereocenters. The number of halogens is 1. The zero-order valence-corrected chi connectivity index (χ0v) is 9.20. The molecule has 0 aromatic carbocycles. The van der Waals surface area contributed by atoms with Crippen LogP contribution in [0.25, 0.3) is 0 Å².